The molecule has 0 saturated heterocycles. The molecule has 0 spiro atoms. The van der Waals surface area contributed by atoms with E-state index in [1.165, 1.54) is 0 Å². The summed E-state index contributed by atoms with van der Waals surface area (Å²) in [6, 6.07) is 5.61. The smallest absolute Gasteiger partial charge is 0.329 e. The maximum Gasteiger partial charge on any atom is 0.329 e. The number of imidazole rings is 1. The minimum Gasteiger partial charge on any atom is -0.480 e. The van der Waals surface area contributed by atoms with Crippen LogP contribution in [0.15, 0.2) is 18.2 Å². The summed E-state index contributed by atoms with van der Waals surface area (Å²) in [4.78, 5) is 15.9. The van der Waals surface area contributed by atoms with Gasteiger partial charge in [0.1, 0.15) is 18.5 Å². The van der Waals surface area contributed by atoms with E-state index in [0.29, 0.717) is 16.6 Å². The van der Waals surface area contributed by atoms with Gasteiger partial charge in [0.05, 0.1) is 21.4 Å². The topological polar surface area (TPSA) is 99.4 Å². The first-order chi connectivity index (χ1) is 12.9. The Kier molecular flexibility index (Phi) is 7.89. The Labute approximate surface area is 175 Å². The fourth-order valence-corrected chi connectivity index (χ4v) is 3.92. The van der Waals surface area contributed by atoms with Crippen molar-refractivity contribution in [2.45, 2.75) is 58.1 Å². The van der Waals surface area contributed by atoms with Gasteiger partial charge >= 0.3 is 5.97 Å². The normalized spacial score (nSPS) is 16.4. The summed E-state index contributed by atoms with van der Waals surface area (Å²) < 4.78 is 7.94. The SMILES string of the molecule is CC(C)c1nc2c(n1Cc1ccc(Cl)c(Cl)c1)C(OCC(=O)O)CCCC2.N. The number of aromatic nitrogens is 2. The van der Waals surface area contributed by atoms with Crippen LogP contribution in [0.3, 0.4) is 0 Å². The van der Waals surface area contributed by atoms with E-state index >= 15 is 0 Å². The molecule has 1 aliphatic carbocycles. The van der Waals surface area contributed by atoms with E-state index in [-0.39, 0.29) is 24.8 Å². The Balaban J connectivity index is 0.00000280. The maximum atomic E-state index is 11.0. The van der Waals surface area contributed by atoms with E-state index in [9.17, 15) is 4.79 Å². The Morgan fingerprint density at radius 3 is 2.71 bits per heavy atom. The standard InChI is InChI=1S/C20H24Cl2N2O3.H3N/c1-12(2)20-23-16-5-3-4-6-17(27-11-18(25)26)19(16)24(20)10-13-7-8-14(21)15(22)9-13;/h7-9,12,17H,3-6,10-11H2,1-2H3,(H,25,26);1H3. The van der Waals surface area contributed by atoms with Crippen LogP contribution in [0.2, 0.25) is 10.0 Å². The van der Waals surface area contributed by atoms with E-state index < -0.39 is 5.97 Å². The molecule has 6 nitrogen and oxygen atoms in total. The zero-order valence-corrected chi connectivity index (χ0v) is 17.8. The molecule has 1 atom stereocenters. The van der Waals surface area contributed by atoms with Gasteiger partial charge in [-0.3, -0.25) is 0 Å². The fraction of sp³-hybridized carbons (Fsp3) is 0.500. The van der Waals surface area contributed by atoms with Gasteiger partial charge in [0.15, 0.2) is 0 Å². The van der Waals surface area contributed by atoms with Gasteiger partial charge in [-0.25, -0.2) is 9.78 Å². The number of aliphatic carboxylic acids is 1. The molecule has 4 N–H and O–H groups in total. The monoisotopic (exact) mass is 427 g/mol. The zero-order valence-electron chi connectivity index (χ0n) is 16.3. The fourth-order valence-electron chi connectivity index (χ4n) is 3.60. The van der Waals surface area contributed by atoms with Gasteiger partial charge in [-0.2, -0.15) is 0 Å². The van der Waals surface area contributed by atoms with Gasteiger partial charge in [0, 0.05) is 12.5 Å². The average molecular weight is 428 g/mol. The summed E-state index contributed by atoms with van der Waals surface area (Å²) in [5.74, 6) is 0.261. The van der Waals surface area contributed by atoms with Crippen LogP contribution in [0.1, 0.15) is 67.9 Å². The first-order valence-corrected chi connectivity index (χ1v) is 9.99. The highest BCUT2D eigenvalue weighted by Gasteiger charge is 2.28. The van der Waals surface area contributed by atoms with Gasteiger partial charge in [-0.15, -0.1) is 0 Å². The molecule has 28 heavy (non-hydrogen) atoms. The van der Waals surface area contributed by atoms with Crippen molar-refractivity contribution in [3.8, 4) is 0 Å². The molecule has 154 valence electrons. The molecule has 8 heteroatoms. The molecule has 1 aliphatic rings. The summed E-state index contributed by atoms with van der Waals surface area (Å²) in [5, 5.41) is 10.1. The number of rotatable bonds is 6. The van der Waals surface area contributed by atoms with Gasteiger partial charge < -0.3 is 20.6 Å². The molecule has 0 radical (unpaired) electrons. The Bertz CT molecular complexity index is 836. The van der Waals surface area contributed by atoms with Gasteiger partial charge in [0.25, 0.3) is 0 Å². The molecule has 1 aromatic heterocycles. The van der Waals surface area contributed by atoms with Crippen LogP contribution in [0, 0.1) is 0 Å². The van der Waals surface area contributed by atoms with Crippen LogP contribution in [0.5, 0.6) is 0 Å². The number of aryl methyl sites for hydroxylation is 1. The third-order valence-corrected chi connectivity index (χ3v) is 5.54. The Morgan fingerprint density at radius 1 is 1.32 bits per heavy atom. The predicted octanol–water partition coefficient (Wildman–Crippen LogP) is 5.39. The number of nitrogens with zero attached hydrogens (tertiary/aromatic N) is 2. The largest absolute Gasteiger partial charge is 0.480 e. The maximum absolute atomic E-state index is 11.0. The van der Waals surface area contributed by atoms with Gasteiger partial charge in [-0.1, -0.05) is 49.5 Å². The lowest BCUT2D eigenvalue weighted by atomic mass is 10.1. The van der Waals surface area contributed by atoms with Gasteiger partial charge in [-0.05, 0) is 37.0 Å². The predicted molar refractivity (Wildman–Crippen MR) is 111 cm³/mol. The molecular weight excluding hydrogens is 401 g/mol. The Hall–Kier alpha value is -1.60. The number of halogens is 2. The van der Waals surface area contributed by atoms with Crippen molar-refractivity contribution in [3.63, 3.8) is 0 Å². The van der Waals surface area contributed by atoms with E-state index in [2.05, 4.69) is 18.4 Å². The van der Waals surface area contributed by atoms with Crippen LogP contribution in [-0.2, 0) is 22.5 Å². The van der Waals surface area contributed by atoms with Crippen LogP contribution >= 0.6 is 23.2 Å². The van der Waals surface area contributed by atoms with Crippen LogP contribution in [0.25, 0.3) is 0 Å². The van der Waals surface area contributed by atoms with E-state index in [1.807, 2.05) is 12.1 Å². The number of carboxylic acid groups (broad SMARTS) is 1. The van der Waals surface area contributed by atoms with Crippen LogP contribution in [-0.4, -0.2) is 27.2 Å². The minimum atomic E-state index is -0.958. The highest BCUT2D eigenvalue weighted by Crippen LogP contribution is 2.35. The van der Waals surface area contributed by atoms with E-state index in [4.69, 9.17) is 38.0 Å². The molecule has 1 unspecified atom stereocenters. The average Bonchev–Trinajstić information content (AvgIpc) is 2.83. The molecule has 1 aromatic carbocycles. The molecular formula is C20H27Cl2N3O3. The molecule has 2 aromatic rings. The van der Waals surface area contributed by atoms with Crippen molar-refractivity contribution in [2.75, 3.05) is 6.61 Å². The second kappa shape index (κ2) is 9.74. The van der Waals surface area contributed by atoms with Crippen molar-refractivity contribution >= 4 is 29.2 Å². The van der Waals surface area contributed by atoms with Gasteiger partial charge in [0.2, 0.25) is 0 Å². The summed E-state index contributed by atoms with van der Waals surface area (Å²) in [7, 11) is 0. The third-order valence-electron chi connectivity index (χ3n) is 4.80. The first-order valence-electron chi connectivity index (χ1n) is 9.23. The minimum absolute atomic E-state index is 0. The Morgan fingerprint density at radius 2 is 2.07 bits per heavy atom. The molecule has 0 amide bonds. The van der Waals surface area contributed by atoms with Crippen LogP contribution in [0.4, 0.5) is 0 Å². The lowest BCUT2D eigenvalue weighted by Crippen LogP contribution is -2.18. The number of carbonyl (C=O) groups is 1. The summed E-state index contributed by atoms with van der Waals surface area (Å²) in [6.07, 6.45) is 3.44. The first kappa shape index (κ1) is 22.7. The number of hydrogen-bond donors (Lipinski definition) is 2. The number of carboxylic acids is 1. The molecule has 0 fully saturated rings. The number of benzene rings is 1. The highest BCUT2D eigenvalue weighted by atomic mass is 35.5. The highest BCUT2D eigenvalue weighted by molar-refractivity contribution is 6.42. The number of ether oxygens (including phenoxy) is 1. The number of fused-ring (bicyclic) bond motifs is 1. The van der Waals surface area contributed by atoms with Crippen molar-refractivity contribution in [3.05, 3.63) is 51.0 Å². The second-order valence-corrected chi connectivity index (χ2v) is 8.04. The van der Waals surface area contributed by atoms with Crippen molar-refractivity contribution in [2.24, 2.45) is 0 Å². The lowest BCUT2D eigenvalue weighted by molar-refractivity contribution is -0.144. The quantitative estimate of drug-likeness (QED) is 0.601. The lowest BCUT2D eigenvalue weighted by Gasteiger charge is -2.21. The summed E-state index contributed by atoms with van der Waals surface area (Å²) >= 11 is 12.2. The third kappa shape index (κ3) is 5.06. The van der Waals surface area contributed by atoms with E-state index in [1.54, 1.807) is 6.07 Å². The van der Waals surface area contributed by atoms with Crippen molar-refractivity contribution in [1.82, 2.24) is 15.7 Å². The number of hydrogen-bond acceptors (Lipinski definition) is 4. The molecule has 0 saturated carbocycles. The molecule has 0 aliphatic heterocycles. The zero-order chi connectivity index (χ0) is 19.6. The van der Waals surface area contributed by atoms with Crippen LogP contribution < -0.4 is 6.15 Å². The molecule has 0 bridgehead atoms. The molecule has 1 heterocycles. The summed E-state index contributed by atoms with van der Waals surface area (Å²) in [5.41, 5.74) is 3.04. The van der Waals surface area contributed by atoms with E-state index in [0.717, 1.165) is 48.5 Å². The van der Waals surface area contributed by atoms with Crippen molar-refractivity contribution in [1.29, 1.82) is 0 Å². The second-order valence-electron chi connectivity index (χ2n) is 7.23. The summed E-state index contributed by atoms with van der Waals surface area (Å²) in [6.45, 7) is 4.51. The molecule has 3 rings (SSSR count). The van der Waals surface area contributed by atoms with Crippen molar-refractivity contribution < 1.29 is 14.6 Å².